The van der Waals surface area contributed by atoms with E-state index in [9.17, 15) is 4.79 Å². The fourth-order valence-corrected chi connectivity index (χ4v) is 3.83. The van der Waals surface area contributed by atoms with E-state index in [0.29, 0.717) is 13.0 Å². The summed E-state index contributed by atoms with van der Waals surface area (Å²) in [5.41, 5.74) is 3.03. The van der Waals surface area contributed by atoms with E-state index in [1.165, 1.54) is 16.7 Å². The summed E-state index contributed by atoms with van der Waals surface area (Å²) in [4.78, 5) is 17.0. The molecule has 1 N–H and O–H groups in total. The van der Waals surface area contributed by atoms with Gasteiger partial charge in [0.1, 0.15) is 23.4 Å². The Labute approximate surface area is 167 Å². The third-order valence-corrected chi connectivity index (χ3v) is 6.12. The SMILES string of the molecule is CSc1ccc2nc(COc3ccc(CC(SC)C(=O)O)cc3)n(C)c2c1. The van der Waals surface area contributed by atoms with Gasteiger partial charge in [0.05, 0.1) is 11.0 Å². The fraction of sp³-hybridized carbons (Fsp3) is 0.300. The number of carboxylic acid groups (broad SMARTS) is 1. The van der Waals surface area contributed by atoms with E-state index in [4.69, 9.17) is 9.84 Å². The van der Waals surface area contributed by atoms with E-state index in [2.05, 4.69) is 27.9 Å². The predicted octanol–water partition coefficient (Wildman–Crippen LogP) is 4.23. The van der Waals surface area contributed by atoms with Gasteiger partial charge in [-0.2, -0.15) is 0 Å². The minimum Gasteiger partial charge on any atom is -0.486 e. The summed E-state index contributed by atoms with van der Waals surface area (Å²) >= 11 is 3.06. The maximum absolute atomic E-state index is 11.2. The first-order valence-corrected chi connectivity index (χ1v) is 11.0. The van der Waals surface area contributed by atoms with Crippen LogP contribution in [0, 0.1) is 0 Å². The minimum absolute atomic E-state index is 0.377. The first-order valence-electron chi connectivity index (χ1n) is 8.48. The van der Waals surface area contributed by atoms with E-state index < -0.39 is 11.2 Å². The molecule has 1 heterocycles. The van der Waals surface area contributed by atoms with E-state index in [1.54, 1.807) is 11.8 Å². The van der Waals surface area contributed by atoms with Gasteiger partial charge in [-0.05, 0) is 54.8 Å². The summed E-state index contributed by atoms with van der Waals surface area (Å²) in [7, 11) is 2.00. The fourth-order valence-electron chi connectivity index (χ4n) is 2.83. The third-order valence-electron chi connectivity index (χ3n) is 4.45. The van der Waals surface area contributed by atoms with Crippen molar-refractivity contribution in [2.24, 2.45) is 7.05 Å². The monoisotopic (exact) mass is 402 g/mol. The molecular formula is C20H22N2O3S2. The van der Waals surface area contributed by atoms with Crippen molar-refractivity contribution in [2.75, 3.05) is 12.5 Å². The number of benzene rings is 2. The Morgan fingerprint density at radius 3 is 2.59 bits per heavy atom. The maximum atomic E-state index is 11.2. The summed E-state index contributed by atoms with van der Waals surface area (Å²) < 4.78 is 7.94. The summed E-state index contributed by atoms with van der Waals surface area (Å²) in [5, 5.41) is 8.73. The molecule has 1 atom stereocenters. The van der Waals surface area contributed by atoms with E-state index in [0.717, 1.165) is 28.2 Å². The van der Waals surface area contributed by atoms with Crippen molar-refractivity contribution < 1.29 is 14.6 Å². The molecule has 142 valence electrons. The molecule has 0 aliphatic carbocycles. The quantitative estimate of drug-likeness (QED) is 0.569. The Hall–Kier alpha value is -2.12. The van der Waals surface area contributed by atoms with Crippen LogP contribution in [0.1, 0.15) is 11.4 Å². The van der Waals surface area contributed by atoms with Crippen molar-refractivity contribution >= 4 is 40.5 Å². The van der Waals surface area contributed by atoms with Crippen molar-refractivity contribution in [1.82, 2.24) is 9.55 Å². The molecule has 0 saturated carbocycles. The van der Waals surface area contributed by atoms with Crippen LogP contribution in [0.4, 0.5) is 0 Å². The molecule has 0 bridgehead atoms. The van der Waals surface area contributed by atoms with Crippen molar-refractivity contribution in [2.45, 2.75) is 23.2 Å². The van der Waals surface area contributed by atoms with Gasteiger partial charge in [0.2, 0.25) is 0 Å². The number of carboxylic acids is 1. The molecule has 3 rings (SSSR count). The number of carbonyl (C=O) groups is 1. The number of hydrogen-bond acceptors (Lipinski definition) is 5. The number of imidazole rings is 1. The van der Waals surface area contributed by atoms with Crippen molar-refractivity contribution in [3.63, 3.8) is 0 Å². The lowest BCUT2D eigenvalue weighted by molar-refractivity contribution is -0.136. The van der Waals surface area contributed by atoms with Crippen LogP contribution in [0.25, 0.3) is 11.0 Å². The van der Waals surface area contributed by atoms with Crippen molar-refractivity contribution in [1.29, 1.82) is 0 Å². The molecule has 0 aliphatic rings. The number of nitrogens with zero attached hydrogens (tertiary/aromatic N) is 2. The van der Waals surface area contributed by atoms with Crippen LogP contribution in [0.5, 0.6) is 5.75 Å². The van der Waals surface area contributed by atoms with Crippen LogP contribution in [0.2, 0.25) is 0 Å². The van der Waals surface area contributed by atoms with Gasteiger partial charge in [-0.1, -0.05) is 12.1 Å². The van der Waals surface area contributed by atoms with Gasteiger partial charge >= 0.3 is 5.97 Å². The molecule has 0 saturated heterocycles. The van der Waals surface area contributed by atoms with Crippen molar-refractivity contribution in [3.05, 3.63) is 53.9 Å². The Balaban J connectivity index is 1.67. The highest BCUT2D eigenvalue weighted by molar-refractivity contribution is 7.99. The largest absolute Gasteiger partial charge is 0.486 e. The zero-order valence-corrected chi connectivity index (χ0v) is 17.1. The highest BCUT2D eigenvalue weighted by Gasteiger charge is 2.16. The number of rotatable bonds is 8. The van der Waals surface area contributed by atoms with Gasteiger partial charge in [0.25, 0.3) is 0 Å². The molecule has 2 aromatic carbocycles. The molecule has 27 heavy (non-hydrogen) atoms. The van der Waals surface area contributed by atoms with Gasteiger partial charge < -0.3 is 14.4 Å². The smallest absolute Gasteiger partial charge is 0.316 e. The van der Waals surface area contributed by atoms with E-state index in [-0.39, 0.29) is 0 Å². The maximum Gasteiger partial charge on any atom is 0.316 e. The lowest BCUT2D eigenvalue weighted by Crippen LogP contribution is -2.18. The minimum atomic E-state index is -0.783. The average Bonchev–Trinajstić information content (AvgIpc) is 3.00. The first-order chi connectivity index (χ1) is 13.0. The molecule has 3 aromatic rings. The number of aromatic nitrogens is 2. The summed E-state index contributed by atoms with van der Waals surface area (Å²) in [6.45, 7) is 0.377. The second-order valence-electron chi connectivity index (χ2n) is 6.14. The lowest BCUT2D eigenvalue weighted by atomic mass is 10.1. The van der Waals surface area contributed by atoms with E-state index >= 15 is 0 Å². The topological polar surface area (TPSA) is 64.3 Å². The number of hydrogen-bond donors (Lipinski definition) is 1. The average molecular weight is 403 g/mol. The van der Waals surface area contributed by atoms with E-state index in [1.807, 2.05) is 43.6 Å². The second kappa shape index (κ2) is 8.71. The molecule has 5 nitrogen and oxygen atoms in total. The normalized spacial score (nSPS) is 12.3. The Bertz CT molecular complexity index is 938. The molecule has 0 spiro atoms. The standard InChI is InChI=1S/C20H22N2O3S2/c1-22-17-11-15(26-2)8-9-16(17)21-19(22)12-25-14-6-4-13(5-7-14)10-18(27-3)20(23)24/h4-9,11,18H,10,12H2,1-3H3,(H,23,24). The lowest BCUT2D eigenvalue weighted by Gasteiger charge is -2.10. The molecule has 0 fully saturated rings. The number of thioether (sulfide) groups is 2. The van der Waals surface area contributed by atoms with Crippen molar-refractivity contribution in [3.8, 4) is 5.75 Å². The number of ether oxygens (including phenoxy) is 1. The van der Waals surface area contributed by atoms with Gasteiger partial charge in [-0.3, -0.25) is 4.79 Å². The number of aliphatic carboxylic acids is 1. The third kappa shape index (κ3) is 4.59. The zero-order valence-electron chi connectivity index (χ0n) is 15.5. The second-order valence-corrected chi connectivity index (χ2v) is 8.06. The first kappa shape index (κ1) is 19.6. The molecule has 1 unspecified atom stereocenters. The highest BCUT2D eigenvalue weighted by Crippen LogP contribution is 2.23. The van der Waals surface area contributed by atoms with Crippen LogP contribution in [0.3, 0.4) is 0 Å². The van der Waals surface area contributed by atoms with Gasteiger partial charge in [0.15, 0.2) is 0 Å². The Morgan fingerprint density at radius 2 is 1.96 bits per heavy atom. The van der Waals surface area contributed by atoms with Gasteiger partial charge in [0, 0.05) is 11.9 Å². The zero-order chi connectivity index (χ0) is 19.4. The predicted molar refractivity (Wildman–Crippen MR) is 112 cm³/mol. The number of fused-ring (bicyclic) bond motifs is 1. The number of aryl methyl sites for hydroxylation is 1. The molecular weight excluding hydrogens is 380 g/mol. The van der Waals surface area contributed by atoms with Gasteiger partial charge in [-0.15, -0.1) is 23.5 Å². The molecule has 0 amide bonds. The molecule has 7 heteroatoms. The molecule has 0 aliphatic heterocycles. The summed E-state index contributed by atoms with van der Waals surface area (Å²) in [6, 6.07) is 13.8. The molecule has 1 aromatic heterocycles. The Kier molecular flexibility index (Phi) is 6.34. The highest BCUT2D eigenvalue weighted by atomic mass is 32.2. The molecule has 0 radical (unpaired) electrons. The summed E-state index contributed by atoms with van der Waals surface area (Å²) in [5.74, 6) is 0.821. The van der Waals surface area contributed by atoms with Crippen LogP contribution in [0.15, 0.2) is 47.4 Å². The Morgan fingerprint density at radius 1 is 1.22 bits per heavy atom. The summed E-state index contributed by atoms with van der Waals surface area (Å²) in [6.07, 6.45) is 4.37. The van der Waals surface area contributed by atoms with Gasteiger partial charge in [-0.25, -0.2) is 4.98 Å². The van der Waals surface area contributed by atoms with Crippen LogP contribution < -0.4 is 4.74 Å². The van der Waals surface area contributed by atoms with Crippen LogP contribution in [-0.2, 0) is 24.9 Å². The van der Waals surface area contributed by atoms with Crippen LogP contribution in [-0.4, -0.2) is 38.4 Å². The van der Waals surface area contributed by atoms with Crippen LogP contribution >= 0.6 is 23.5 Å².